The van der Waals surface area contributed by atoms with E-state index >= 15 is 0 Å². The number of rotatable bonds is 5. The Kier molecular flexibility index (Phi) is 4.84. The van der Waals surface area contributed by atoms with Crippen LogP contribution in [0.2, 0.25) is 0 Å². The molecule has 1 rings (SSSR count). The van der Waals surface area contributed by atoms with E-state index in [1.807, 2.05) is 13.8 Å². The molecule has 0 aromatic heterocycles. The summed E-state index contributed by atoms with van der Waals surface area (Å²) in [7, 11) is 0. The number of hydrogen-bond donors (Lipinski definition) is 2. The third-order valence-corrected chi connectivity index (χ3v) is 3.52. The molecule has 0 radical (unpaired) electrons. The molecule has 0 spiro atoms. The van der Waals surface area contributed by atoms with Gasteiger partial charge in [0.15, 0.2) is 0 Å². The maximum Gasteiger partial charge on any atom is 0.275 e. The van der Waals surface area contributed by atoms with Gasteiger partial charge in [-0.25, -0.2) is 0 Å². The van der Waals surface area contributed by atoms with Crippen LogP contribution in [0.25, 0.3) is 0 Å². The van der Waals surface area contributed by atoms with Crippen LogP contribution < -0.4 is 5.32 Å². The second-order valence-corrected chi connectivity index (χ2v) is 5.70. The molecule has 0 bridgehead atoms. The number of nitrogens with zero attached hydrogens (tertiary/aromatic N) is 1. The Hall–Kier alpha value is -0.980. The highest BCUT2D eigenvalue weighted by atomic mass is 79.9. The summed E-state index contributed by atoms with van der Waals surface area (Å²) >= 11 is 3.21. The summed E-state index contributed by atoms with van der Waals surface area (Å²) in [5.41, 5.74) is 0.163. The van der Waals surface area contributed by atoms with Gasteiger partial charge in [0, 0.05) is 28.2 Å². The highest BCUT2D eigenvalue weighted by molar-refractivity contribution is 9.10. The zero-order chi connectivity index (χ0) is 13.9. The molecule has 0 fully saturated rings. The zero-order valence-electron chi connectivity index (χ0n) is 10.6. The van der Waals surface area contributed by atoms with E-state index in [4.69, 9.17) is 0 Å². The fraction of sp³-hybridized carbons (Fsp3) is 0.500. The number of aliphatic hydroxyl groups excluding tert-OH is 1. The van der Waals surface area contributed by atoms with Crippen molar-refractivity contribution in [2.75, 3.05) is 0 Å². The van der Waals surface area contributed by atoms with Gasteiger partial charge >= 0.3 is 0 Å². The number of aliphatic hydroxyl groups is 1. The normalized spacial score (nSPS) is 13.4. The number of nitro groups is 1. The minimum atomic E-state index is -0.549. The van der Waals surface area contributed by atoms with E-state index in [-0.39, 0.29) is 5.69 Å². The molecule has 1 unspecified atom stereocenters. The summed E-state index contributed by atoms with van der Waals surface area (Å²) in [4.78, 5) is 10.5. The van der Waals surface area contributed by atoms with Crippen LogP contribution in [0, 0.1) is 10.1 Å². The lowest BCUT2D eigenvalue weighted by Crippen LogP contribution is -2.47. The molecular weight excluding hydrogens is 300 g/mol. The van der Waals surface area contributed by atoms with Crippen molar-refractivity contribution in [1.82, 2.24) is 5.32 Å². The van der Waals surface area contributed by atoms with Gasteiger partial charge in [-0.3, -0.25) is 10.1 Å². The minimum Gasteiger partial charge on any atom is -0.392 e. The summed E-state index contributed by atoms with van der Waals surface area (Å²) in [5, 5.41) is 23.6. The topological polar surface area (TPSA) is 75.4 Å². The van der Waals surface area contributed by atoms with Crippen molar-refractivity contribution in [2.24, 2.45) is 0 Å². The van der Waals surface area contributed by atoms with Crippen molar-refractivity contribution < 1.29 is 10.0 Å². The van der Waals surface area contributed by atoms with Crippen LogP contribution in [0.15, 0.2) is 22.7 Å². The minimum absolute atomic E-state index is 0.0678. The lowest BCUT2D eigenvalue weighted by molar-refractivity contribution is -0.385. The van der Waals surface area contributed by atoms with E-state index in [0.717, 1.165) is 0 Å². The molecular formula is C12H17BrN2O3. The van der Waals surface area contributed by atoms with Crippen molar-refractivity contribution in [2.45, 2.75) is 39.0 Å². The first-order valence-electron chi connectivity index (χ1n) is 5.60. The molecule has 100 valence electrons. The van der Waals surface area contributed by atoms with Crippen LogP contribution in [0.3, 0.4) is 0 Å². The predicted octanol–water partition coefficient (Wildman–Crippen LogP) is 2.61. The first-order valence-corrected chi connectivity index (χ1v) is 6.39. The second-order valence-electron chi connectivity index (χ2n) is 4.78. The molecule has 0 aliphatic rings. The number of hydrogen-bond acceptors (Lipinski definition) is 4. The van der Waals surface area contributed by atoms with Crippen molar-refractivity contribution in [3.8, 4) is 0 Å². The van der Waals surface area contributed by atoms with Crippen LogP contribution in [-0.4, -0.2) is 21.7 Å². The molecule has 5 nitrogen and oxygen atoms in total. The summed E-state index contributed by atoms with van der Waals surface area (Å²) in [6.45, 7) is 5.72. The van der Waals surface area contributed by atoms with Gasteiger partial charge in [-0.05, 0) is 32.9 Å². The zero-order valence-corrected chi connectivity index (χ0v) is 12.2. The van der Waals surface area contributed by atoms with Gasteiger partial charge in [-0.1, -0.05) is 15.9 Å². The van der Waals surface area contributed by atoms with Crippen LogP contribution in [0.5, 0.6) is 0 Å². The Morgan fingerprint density at radius 1 is 1.56 bits per heavy atom. The summed E-state index contributed by atoms with van der Waals surface area (Å²) < 4.78 is 0.674. The van der Waals surface area contributed by atoms with E-state index in [9.17, 15) is 15.2 Å². The fourth-order valence-corrected chi connectivity index (χ4v) is 1.68. The Labute approximate surface area is 114 Å². The van der Waals surface area contributed by atoms with E-state index in [1.165, 1.54) is 6.07 Å². The molecule has 18 heavy (non-hydrogen) atoms. The molecule has 6 heteroatoms. The maximum absolute atomic E-state index is 10.9. The second kappa shape index (κ2) is 5.77. The first-order chi connectivity index (χ1) is 8.24. The molecule has 1 aromatic rings. The largest absolute Gasteiger partial charge is 0.392 e. The first kappa shape index (κ1) is 15.1. The van der Waals surface area contributed by atoms with Crippen molar-refractivity contribution in [3.05, 3.63) is 38.3 Å². The molecule has 0 aliphatic heterocycles. The van der Waals surface area contributed by atoms with Gasteiger partial charge in [0.1, 0.15) is 0 Å². The highest BCUT2D eigenvalue weighted by Gasteiger charge is 2.24. The van der Waals surface area contributed by atoms with E-state index < -0.39 is 16.6 Å². The molecule has 1 atom stereocenters. The average Bonchev–Trinajstić information content (AvgIpc) is 2.27. The lowest BCUT2D eigenvalue weighted by Gasteiger charge is -2.29. The number of halogens is 1. The van der Waals surface area contributed by atoms with Gasteiger partial charge in [-0.15, -0.1) is 0 Å². The van der Waals surface area contributed by atoms with Gasteiger partial charge < -0.3 is 10.4 Å². The van der Waals surface area contributed by atoms with E-state index in [0.29, 0.717) is 16.6 Å². The molecule has 1 aromatic carbocycles. The number of nitrogens with one attached hydrogen (secondary N) is 1. The van der Waals surface area contributed by atoms with E-state index in [2.05, 4.69) is 21.2 Å². The number of benzene rings is 1. The molecule has 0 saturated carbocycles. The van der Waals surface area contributed by atoms with Gasteiger partial charge in [0.25, 0.3) is 5.69 Å². The van der Waals surface area contributed by atoms with Crippen LogP contribution in [-0.2, 0) is 6.54 Å². The predicted molar refractivity (Wildman–Crippen MR) is 73.4 cm³/mol. The van der Waals surface area contributed by atoms with Crippen LogP contribution in [0.1, 0.15) is 26.3 Å². The smallest absolute Gasteiger partial charge is 0.275 e. The van der Waals surface area contributed by atoms with Gasteiger partial charge in [-0.2, -0.15) is 0 Å². The van der Waals surface area contributed by atoms with Gasteiger partial charge in [0.05, 0.1) is 11.0 Å². The SMILES string of the molecule is CC(O)C(C)(C)NCc1ccc(Br)cc1[N+](=O)[O-]. The average molecular weight is 317 g/mol. The summed E-state index contributed by atoms with van der Waals surface area (Å²) in [6.07, 6.45) is -0.549. The molecule has 0 saturated heterocycles. The Morgan fingerprint density at radius 2 is 2.17 bits per heavy atom. The quantitative estimate of drug-likeness (QED) is 0.646. The third-order valence-electron chi connectivity index (χ3n) is 3.02. The molecule has 0 heterocycles. The van der Waals surface area contributed by atoms with Crippen LogP contribution >= 0.6 is 15.9 Å². The lowest BCUT2D eigenvalue weighted by atomic mass is 9.98. The number of nitro benzene ring substituents is 1. The Morgan fingerprint density at radius 3 is 2.67 bits per heavy atom. The summed E-state index contributed by atoms with van der Waals surface area (Å²) in [5.74, 6) is 0. The molecule has 0 aliphatic carbocycles. The highest BCUT2D eigenvalue weighted by Crippen LogP contribution is 2.24. The Bertz CT molecular complexity index is 447. The standard InChI is InChI=1S/C12H17BrN2O3/c1-8(16)12(2,3)14-7-9-4-5-10(13)6-11(9)15(17)18/h4-6,8,14,16H,7H2,1-3H3. The Balaban J connectivity index is 2.89. The maximum atomic E-state index is 10.9. The monoisotopic (exact) mass is 316 g/mol. The molecule has 2 N–H and O–H groups in total. The van der Waals surface area contributed by atoms with Crippen LogP contribution in [0.4, 0.5) is 5.69 Å². The fourth-order valence-electron chi connectivity index (χ4n) is 1.33. The van der Waals surface area contributed by atoms with Crippen molar-refractivity contribution in [3.63, 3.8) is 0 Å². The van der Waals surface area contributed by atoms with E-state index in [1.54, 1.807) is 19.1 Å². The molecule has 0 amide bonds. The summed E-state index contributed by atoms with van der Waals surface area (Å²) in [6, 6.07) is 4.94. The van der Waals surface area contributed by atoms with Crippen molar-refractivity contribution in [1.29, 1.82) is 0 Å². The third kappa shape index (κ3) is 3.76. The van der Waals surface area contributed by atoms with Gasteiger partial charge in [0.2, 0.25) is 0 Å². The van der Waals surface area contributed by atoms with Crippen molar-refractivity contribution >= 4 is 21.6 Å².